The lowest BCUT2D eigenvalue weighted by molar-refractivity contribution is -0.119. The van der Waals surface area contributed by atoms with Gasteiger partial charge >= 0.3 is 0 Å². The highest BCUT2D eigenvalue weighted by Gasteiger charge is 2.30. The van der Waals surface area contributed by atoms with Gasteiger partial charge in [-0.2, -0.15) is 0 Å². The largest absolute Gasteiger partial charge is 0.368 e. The van der Waals surface area contributed by atoms with Crippen molar-refractivity contribution in [3.05, 3.63) is 48.5 Å². The second kappa shape index (κ2) is 5.21. The Labute approximate surface area is 122 Å². The number of rotatable bonds is 3. The Morgan fingerprint density at radius 2 is 1.60 bits per heavy atom. The first-order valence-corrected chi connectivity index (χ1v) is 7.48. The summed E-state index contributed by atoms with van der Waals surface area (Å²) in [5.41, 5.74) is 7.72. The zero-order chi connectivity index (χ0) is 14.1. The molecule has 2 aromatic carbocycles. The van der Waals surface area contributed by atoms with E-state index in [1.54, 1.807) is 11.8 Å². The van der Waals surface area contributed by atoms with Gasteiger partial charge in [0.2, 0.25) is 5.91 Å². The lowest BCUT2D eigenvalue weighted by atomic mass is 10.1. The highest BCUT2D eigenvalue weighted by molar-refractivity contribution is 7.99. The number of carbonyl (C=O) groups is 1. The van der Waals surface area contributed by atoms with Crippen LogP contribution in [0.5, 0.6) is 0 Å². The normalized spacial score (nSPS) is 14.3. The van der Waals surface area contributed by atoms with Gasteiger partial charge in [0.15, 0.2) is 0 Å². The Morgan fingerprint density at radius 1 is 1.10 bits per heavy atom. The average Bonchev–Trinajstić information content (AvgIpc) is 2.47. The molecule has 4 heteroatoms. The quantitative estimate of drug-likeness (QED) is 0.937. The molecule has 0 aliphatic carbocycles. The number of nitrogens with two attached hydrogens (primary N) is 1. The number of primary amides is 1. The van der Waals surface area contributed by atoms with E-state index in [2.05, 4.69) is 17.0 Å². The molecule has 1 atom stereocenters. The maximum Gasteiger partial charge on any atom is 0.240 e. The number of hydrogen-bond acceptors (Lipinski definition) is 3. The van der Waals surface area contributed by atoms with Crippen molar-refractivity contribution in [2.24, 2.45) is 5.73 Å². The second-order valence-corrected chi connectivity index (χ2v) is 5.82. The molecule has 1 aliphatic heterocycles. The van der Waals surface area contributed by atoms with Crippen molar-refractivity contribution >= 4 is 29.0 Å². The van der Waals surface area contributed by atoms with Crippen molar-refractivity contribution in [3.63, 3.8) is 0 Å². The van der Waals surface area contributed by atoms with Gasteiger partial charge in [0, 0.05) is 9.79 Å². The predicted octanol–water partition coefficient (Wildman–Crippen LogP) is 3.55. The SMILES string of the molecule is CCC(C(N)=O)N1c2ccccc2Sc2ccccc21. The third kappa shape index (κ3) is 2.06. The molecule has 102 valence electrons. The minimum atomic E-state index is -0.321. The van der Waals surface area contributed by atoms with Crippen molar-refractivity contribution in [2.75, 3.05) is 4.90 Å². The van der Waals surface area contributed by atoms with E-state index in [-0.39, 0.29) is 11.9 Å². The summed E-state index contributed by atoms with van der Waals surface area (Å²) in [6, 6.07) is 16.0. The molecule has 0 saturated carbocycles. The molecule has 0 spiro atoms. The fraction of sp³-hybridized carbons (Fsp3) is 0.188. The minimum Gasteiger partial charge on any atom is -0.368 e. The summed E-state index contributed by atoms with van der Waals surface area (Å²) < 4.78 is 0. The van der Waals surface area contributed by atoms with Crippen molar-refractivity contribution in [1.82, 2.24) is 0 Å². The van der Waals surface area contributed by atoms with Crippen LogP contribution >= 0.6 is 11.8 Å². The van der Waals surface area contributed by atoms with E-state index in [0.717, 1.165) is 21.2 Å². The van der Waals surface area contributed by atoms with E-state index >= 15 is 0 Å². The third-order valence-corrected chi connectivity index (χ3v) is 4.63. The molecule has 1 amide bonds. The lowest BCUT2D eigenvalue weighted by Gasteiger charge is -2.36. The summed E-state index contributed by atoms with van der Waals surface area (Å²) in [5, 5.41) is 0. The number of fused-ring (bicyclic) bond motifs is 2. The van der Waals surface area contributed by atoms with Crippen LogP contribution in [0.15, 0.2) is 58.3 Å². The molecule has 3 rings (SSSR count). The smallest absolute Gasteiger partial charge is 0.240 e. The highest BCUT2D eigenvalue weighted by atomic mass is 32.2. The zero-order valence-corrected chi connectivity index (χ0v) is 12.1. The van der Waals surface area contributed by atoms with Gasteiger partial charge in [-0.15, -0.1) is 0 Å². The number of nitrogens with zero attached hydrogens (tertiary/aromatic N) is 1. The van der Waals surface area contributed by atoms with Crippen LogP contribution in [0.3, 0.4) is 0 Å². The molecule has 2 aromatic rings. The number of anilines is 2. The topological polar surface area (TPSA) is 46.3 Å². The molecule has 0 saturated heterocycles. The standard InChI is InChI=1S/C16H16N2OS/c1-2-11(16(17)19)18-12-7-3-5-9-14(12)20-15-10-6-4-8-13(15)18/h3-11H,2H2,1H3,(H2,17,19). The Morgan fingerprint density at radius 3 is 2.05 bits per heavy atom. The van der Waals surface area contributed by atoms with E-state index in [9.17, 15) is 4.79 Å². The first-order valence-electron chi connectivity index (χ1n) is 6.67. The number of hydrogen-bond donors (Lipinski definition) is 1. The predicted molar refractivity (Wildman–Crippen MR) is 82.4 cm³/mol. The monoisotopic (exact) mass is 284 g/mol. The Balaban J connectivity index is 2.19. The van der Waals surface area contributed by atoms with Gasteiger partial charge in [0.25, 0.3) is 0 Å². The highest BCUT2D eigenvalue weighted by Crippen LogP contribution is 2.48. The molecule has 1 aliphatic rings. The van der Waals surface area contributed by atoms with Gasteiger partial charge in [-0.3, -0.25) is 4.79 Å². The first kappa shape index (κ1) is 13.1. The third-order valence-electron chi connectivity index (χ3n) is 3.50. The summed E-state index contributed by atoms with van der Waals surface area (Å²) in [7, 11) is 0. The van der Waals surface area contributed by atoms with E-state index in [1.807, 2.05) is 43.3 Å². The molecule has 20 heavy (non-hydrogen) atoms. The molecule has 0 fully saturated rings. The van der Waals surface area contributed by atoms with Crippen molar-refractivity contribution in [1.29, 1.82) is 0 Å². The Bertz CT molecular complexity index is 611. The zero-order valence-electron chi connectivity index (χ0n) is 11.2. The van der Waals surface area contributed by atoms with Gasteiger partial charge in [-0.1, -0.05) is 43.0 Å². The van der Waals surface area contributed by atoms with Crippen LogP contribution in [-0.2, 0) is 4.79 Å². The molecular weight excluding hydrogens is 268 g/mol. The van der Waals surface area contributed by atoms with Gasteiger partial charge in [0.05, 0.1) is 11.4 Å². The Hall–Kier alpha value is -1.94. The molecule has 0 aromatic heterocycles. The van der Waals surface area contributed by atoms with Gasteiger partial charge in [0.1, 0.15) is 6.04 Å². The maximum atomic E-state index is 11.8. The van der Waals surface area contributed by atoms with Crippen LogP contribution < -0.4 is 10.6 Å². The van der Waals surface area contributed by atoms with E-state index in [1.165, 1.54) is 0 Å². The number of amides is 1. The van der Waals surface area contributed by atoms with E-state index in [4.69, 9.17) is 5.73 Å². The molecule has 0 bridgehead atoms. The van der Waals surface area contributed by atoms with Gasteiger partial charge in [-0.25, -0.2) is 0 Å². The van der Waals surface area contributed by atoms with E-state index < -0.39 is 0 Å². The molecular formula is C16H16N2OS. The van der Waals surface area contributed by atoms with Crippen molar-refractivity contribution in [2.45, 2.75) is 29.2 Å². The van der Waals surface area contributed by atoms with Crippen LogP contribution in [-0.4, -0.2) is 11.9 Å². The van der Waals surface area contributed by atoms with E-state index in [0.29, 0.717) is 6.42 Å². The van der Waals surface area contributed by atoms with Crippen molar-refractivity contribution < 1.29 is 4.79 Å². The van der Waals surface area contributed by atoms with Crippen LogP contribution in [0.4, 0.5) is 11.4 Å². The van der Waals surface area contributed by atoms with Gasteiger partial charge in [-0.05, 0) is 30.7 Å². The molecule has 1 unspecified atom stereocenters. The molecule has 2 N–H and O–H groups in total. The number of benzene rings is 2. The molecule has 3 nitrogen and oxygen atoms in total. The van der Waals surface area contributed by atoms with Crippen LogP contribution in [0.1, 0.15) is 13.3 Å². The maximum absolute atomic E-state index is 11.8. The van der Waals surface area contributed by atoms with Crippen molar-refractivity contribution in [3.8, 4) is 0 Å². The summed E-state index contributed by atoms with van der Waals surface area (Å²) >= 11 is 1.73. The van der Waals surface area contributed by atoms with Crippen LogP contribution in [0.25, 0.3) is 0 Å². The summed E-state index contributed by atoms with van der Waals surface area (Å²) in [4.78, 5) is 16.2. The first-order chi connectivity index (χ1) is 9.72. The summed E-state index contributed by atoms with van der Waals surface area (Å²) in [5.74, 6) is -0.288. The summed E-state index contributed by atoms with van der Waals surface area (Å²) in [6.07, 6.45) is 0.683. The van der Waals surface area contributed by atoms with Crippen LogP contribution in [0.2, 0.25) is 0 Å². The summed E-state index contributed by atoms with van der Waals surface area (Å²) in [6.45, 7) is 1.99. The number of para-hydroxylation sites is 2. The molecule has 1 heterocycles. The van der Waals surface area contributed by atoms with Gasteiger partial charge < -0.3 is 10.6 Å². The fourth-order valence-corrected chi connectivity index (χ4v) is 3.65. The average molecular weight is 284 g/mol. The Kier molecular flexibility index (Phi) is 3.40. The second-order valence-electron chi connectivity index (χ2n) is 4.73. The van der Waals surface area contributed by atoms with Crippen LogP contribution in [0, 0.1) is 0 Å². The molecule has 0 radical (unpaired) electrons. The number of carbonyl (C=O) groups excluding carboxylic acids is 1. The lowest BCUT2D eigenvalue weighted by Crippen LogP contribution is -2.42. The minimum absolute atomic E-state index is 0.288. The fourth-order valence-electron chi connectivity index (χ4n) is 2.58.